The number of pyridine rings is 4. The summed E-state index contributed by atoms with van der Waals surface area (Å²) in [4.78, 5) is 80.9. The van der Waals surface area contributed by atoms with Gasteiger partial charge in [0.05, 0.1) is 45.0 Å². The molecule has 12 nitrogen and oxygen atoms in total. The Hall–Kier alpha value is -10.2. The Labute approximate surface area is 425 Å². The van der Waals surface area contributed by atoms with E-state index in [4.69, 9.17) is 31.4 Å². The first-order chi connectivity index (χ1) is 36.2. The molecule has 6 heterocycles. The van der Waals surface area contributed by atoms with Gasteiger partial charge in [-0.15, -0.1) is 0 Å². The molecule has 12 heteroatoms. The molecule has 354 valence electrons. The summed E-state index contributed by atoms with van der Waals surface area (Å²) in [6.45, 7) is 0. The number of nitrogen functional groups attached to an aromatic ring is 2. The molecule has 4 aromatic heterocycles. The number of hydrogen-bond donors (Lipinski definition) is 2. The third-order valence-corrected chi connectivity index (χ3v) is 13.5. The number of imide groups is 2. The number of nitrogens with two attached hydrogens (primary N) is 2. The van der Waals surface area contributed by atoms with E-state index in [1.165, 1.54) is 9.80 Å². The van der Waals surface area contributed by atoms with E-state index in [-0.39, 0.29) is 35.1 Å². The summed E-state index contributed by atoms with van der Waals surface area (Å²) in [6.07, 6.45) is 7.27. The normalized spacial score (nSPS) is 12.9. The maximum absolute atomic E-state index is 14.9. The molecule has 2 aliphatic heterocycles. The lowest BCUT2D eigenvalue weighted by Crippen LogP contribution is -2.30. The summed E-state index contributed by atoms with van der Waals surface area (Å²) >= 11 is 0. The van der Waals surface area contributed by atoms with E-state index in [0.717, 1.165) is 22.3 Å². The van der Waals surface area contributed by atoms with E-state index < -0.39 is 23.6 Å². The Balaban J connectivity index is 1.07. The van der Waals surface area contributed by atoms with Gasteiger partial charge >= 0.3 is 0 Å². The minimum Gasteiger partial charge on any atom is -0.399 e. The maximum atomic E-state index is 14.9. The maximum Gasteiger partial charge on any atom is 0.266 e. The van der Waals surface area contributed by atoms with Gasteiger partial charge in [-0.1, -0.05) is 60.7 Å². The number of amides is 4. The molecule has 4 N–H and O–H groups in total. The minimum atomic E-state index is -0.470. The van der Waals surface area contributed by atoms with Crippen LogP contribution in [0.25, 0.3) is 55.9 Å². The molecule has 6 aromatic carbocycles. The number of benzene rings is 6. The highest BCUT2D eigenvalue weighted by Gasteiger charge is 2.41. The van der Waals surface area contributed by atoms with Crippen LogP contribution >= 0.6 is 0 Å². The summed E-state index contributed by atoms with van der Waals surface area (Å²) in [5.41, 5.74) is 24.7. The smallest absolute Gasteiger partial charge is 0.266 e. The Morgan fingerprint density at radius 1 is 0.324 bits per heavy atom. The van der Waals surface area contributed by atoms with Gasteiger partial charge < -0.3 is 11.5 Å². The van der Waals surface area contributed by atoms with Gasteiger partial charge in [0.15, 0.2) is 0 Å². The number of nitrogens with zero attached hydrogens (tertiary/aromatic N) is 6. The van der Waals surface area contributed by atoms with Crippen LogP contribution in [0.3, 0.4) is 0 Å². The van der Waals surface area contributed by atoms with E-state index >= 15 is 0 Å². The van der Waals surface area contributed by atoms with Crippen molar-refractivity contribution in [2.75, 3.05) is 21.3 Å². The van der Waals surface area contributed by atoms with E-state index in [9.17, 15) is 19.2 Å². The average molecular weight is 963 g/mol. The first-order valence-corrected chi connectivity index (χ1v) is 23.9. The fourth-order valence-corrected chi connectivity index (χ4v) is 9.90. The average Bonchev–Trinajstić information content (AvgIpc) is 3.84. The lowest BCUT2D eigenvalue weighted by atomic mass is 9.86. The molecule has 0 saturated carbocycles. The topological polar surface area (TPSA) is 178 Å². The number of hydrogen-bond acceptors (Lipinski definition) is 10. The molecule has 0 bridgehead atoms. The molecule has 0 aliphatic carbocycles. The molecule has 0 spiro atoms. The van der Waals surface area contributed by atoms with Crippen molar-refractivity contribution < 1.29 is 19.2 Å². The predicted molar refractivity (Wildman–Crippen MR) is 287 cm³/mol. The number of carbonyl (C=O) groups is 4. The molecule has 0 atom stereocenters. The molecular formula is C62H42N8O4. The molecular weight excluding hydrogens is 921 g/mol. The summed E-state index contributed by atoms with van der Waals surface area (Å²) < 4.78 is 0. The SMILES string of the molecule is Nc1ccc(-c2ccc3c(c2)C(=O)N(c2cc(-c4ccccn4)c(-c4cc(Cc5ccccn5)c(N5C(=O)c6ccc(-c7ccc(N)cc7)cc6C5=O)cc4-c4ccccn4)cc2Cc2ccccn2)C3=O)cc1. The second kappa shape index (κ2) is 18.5. The molecule has 0 radical (unpaired) electrons. The van der Waals surface area contributed by atoms with Gasteiger partial charge in [-0.05, 0) is 166 Å². The van der Waals surface area contributed by atoms with Crippen LogP contribution in [0.4, 0.5) is 22.7 Å². The molecule has 0 fully saturated rings. The second-order valence-electron chi connectivity index (χ2n) is 18.1. The zero-order chi connectivity index (χ0) is 50.5. The van der Waals surface area contributed by atoms with Crippen molar-refractivity contribution in [2.45, 2.75) is 12.8 Å². The minimum absolute atomic E-state index is 0.237. The quantitative estimate of drug-likeness (QED) is 0.0936. The lowest BCUT2D eigenvalue weighted by Gasteiger charge is -2.25. The standard InChI is InChI=1S/C62H42N8O4/c63-43-19-13-37(14-20-43)39-17-23-47-53(31-39)61(73)69(59(47)71)57-35-51(55-11-3-7-27-67-55)49(33-41(57)29-45-9-1-5-25-65-45)50-34-42(30-46-10-2-6-26-66-46)58(36-52(50)56-12-4-8-28-68-56)70-60(72)48-24-18-40(32-54(48)62(70)74)38-15-21-44(64)22-16-38/h1-28,31-36H,29-30,63-64H2. The molecule has 12 rings (SSSR count). The first-order valence-electron chi connectivity index (χ1n) is 23.9. The van der Waals surface area contributed by atoms with Gasteiger partial charge in [-0.2, -0.15) is 0 Å². The zero-order valence-corrected chi connectivity index (χ0v) is 39.5. The van der Waals surface area contributed by atoms with Gasteiger partial charge in [0, 0.05) is 71.5 Å². The molecule has 0 saturated heterocycles. The van der Waals surface area contributed by atoms with Crippen molar-refractivity contribution in [3.63, 3.8) is 0 Å². The number of aromatic nitrogens is 4. The van der Waals surface area contributed by atoms with E-state index in [0.29, 0.717) is 78.9 Å². The lowest BCUT2D eigenvalue weighted by molar-refractivity contribution is 0.0910. The largest absolute Gasteiger partial charge is 0.399 e. The Kier molecular flexibility index (Phi) is 11.3. The highest BCUT2D eigenvalue weighted by Crippen LogP contribution is 2.47. The number of anilines is 4. The van der Waals surface area contributed by atoms with E-state index in [1.54, 1.807) is 73.3 Å². The van der Waals surface area contributed by atoms with Gasteiger partial charge in [-0.3, -0.25) is 39.1 Å². The molecule has 0 unspecified atom stereocenters. The van der Waals surface area contributed by atoms with E-state index in [2.05, 4.69) is 0 Å². The third kappa shape index (κ3) is 8.11. The summed E-state index contributed by atoms with van der Waals surface area (Å²) in [6, 6.07) is 55.4. The fraction of sp³-hybridized carbons (Fsp3) is 0.0323. The van der Waals surface area contributed by atoms with Crippen LogP contribution in [0, 0.1) is 0 Å². The van der Waals surface area contributed by atoms with Gasteiger partial charge in [0.2, 0.25) is 0 Å². The van der Waals surface area contributed by atoms with Crippen LogP contribution in [-0.4, -0.2) is 43.6 Å². The summed E-state index contributed by atoms with van der Waals surface area (Å²) in [5, 5.41) is 0. The highest BCUT2D eigenvalue weighted by atomic mass is 16.2. The van der Waals surface area contributed by atoms with Crippen molar-refractivity contribution >= 4 is 46.4 Å². The van der Waals surface area contributed by atoms with Crippen molar-refractivity contribution in [3.05, 3.63) is 252 Å². The Bertz CT molecular complexity index is 3620. The van der Waals surface area contributed by atoms with Crippen LogP contribution in [0.5, 0.6) is 0 Å². The number of rotatable bonds is 11. The third-order valence-electron chi connectivity index (χ3n) is 13.5. The van der Waals surface area contributed by atoms with Crippen LogP contribution in [0.2, 0.25) is 0 Å². The van der Waals surface area contributed by atoms with Crippen molar-refractivity contribution in [2.24, 2.45) is 0 Å². The summed E-state index contributed by atoms with van der Waals surface area (Å²) in [5.74, 6) is -1.87. The molecule has 10 aromatic rings. The first kappa shape index (κ1) is 45.0. The van der Waals surface area contributed by atoms with Gasteiger partial charge in [0.25, 0.3) is 23.6 Å². The van der Waals surface area contributed by atoms with Crippen molar-refractivity contribution in [1.29, 1.82) is 0 Å². The predicted octanol–water partition coefficient (Wildman–Crippen LogP) is 11.5. The van der Waals surface area contributed by atoms with Crippen LogP contribution in [0.1, 0.15) is 63.9 Å². The van der Waals surface area contributed by atoms with E-state index in [1.807, 2.05) is 133 Å². The van der Waals surface area contributed by atoms with Crippen LogP contribution in [0.15, 0.2) is 207 Å². The zero-order valence-electron chi connectivity index (χ0n) is 39.5. The summed E-state index contributed by atoms with van der Waals surface area (Å²) in [7, 11) is 0. The van der Waals surface area contributed by atoms with Crippen molar-refractivity contribution in [3.8, 4) is 55.9 Å². The number of fused-ring (bicyclic) bond motifs is 2. The molecule has 4 amide bonds. The van der Waals surface area contributed by atoms with Crippen molar-refractivity contribution in [1.82, 2.24) is 19.9 Å². The van der Waals surface area contributed by atoms with Gasteiger partial charge in [-0.25, -0.2) is 9.80 Å². The fourth-order valence-electron chi connectivity index (χ4n) is 9.90. The van der Waals surface area contributed by atoms with Crippen LogP contribution in [-0.2, 0) is 12.8 Å². The Morgan fingerprint density at radius 2 is 0.689 bits per heavy atom. The second-order valence-corrected chi connectivity index (χ2v) is 18.1. The highest BCUT2D eigenvalue weighted by molar-refractivity contribution is 6.36. The van der Waals surface area contributed by atoms with Crippen LogP contribution < -0.4 is 21.3 Å². The molecule has 74 heavy (non-hydrogen) atoms. The molecule has 2 aliphatic rings. The van der Waals surface area contributed by atoms with Gasteiger partial charge in [0.1, 0.15) is 0 Å². The number of carbonyl (C=O) groups excluding carboxylic acids is 4. The Morgan fingerprint density at radius 3 is 1.05 bits per heavy atom. The monoisotopic (exact) mass is 962 g/mol.